The molecule has 0 spiro atoms. The number of hydrogen-bond donors (Lipinski definition) is 1. The van der Waals surface area contributed by atoms with Crippen LogP contribution in [0.15, 0.2) is 46.2 Å². The Labute approximate surface area is 203 Å². The SMILES string of the molecule is COCCn1cnc2c1c(=O)n(CC(=O)N[C@H]1CCN3CCC[C@H]3C1)c(=O)n2Cc1ccccc1. The summed E-state index contributed by atoms with van der Waals surface area (Å²) >= 11 is 0. The van der Waals surface area contributed by atoms with Crippen LogP contribution in [0.25, 0.3) is 11.2 Å². The van der Waals surface area contributed by atoms with E-state index in [0.29, 0.717) is 30.4 Å². The van der Waals surface area contributed by atoms with E-state index in [2.05, 4.69) is 15.2 Å². The maximum atomic E-state index is 13.5. The number of amides is 1. The number of fused-ring (bicyclic) bond motifs is 2. The molecule has 4 heterocycles. The van der Waals surface area contributed by atoms with Crippen LogP contribution in [0, 0.1) is 0 Å². The Bertz CT molecular complexity index is 1310. The van der Waals surface area contributed by atoms with Gasteiger partial charge in [0, 0.05) is 32.3 Å². The second kappa shape index (κ2) is 10.2. The van der Waals surface area contributed by atoms with Crippen molar-refractivity contribution in [2.45, 2.75) is 57.4 Å². The largest absolute Gasteiger partial charge is 0.383 e. The van der Waals surface area contributed by atoms with Crippen molar-refractivity contribution in [3.8, 4) is 0 Å². The van der Waals surface area contributed by atoms with E-state index in [0.717, 1.165) is 42.5 Å². The van der Waals surface area contributed by atoms with Crippen molar-refractivity contribution in [3.05, 3.63) is 63.1 Å². The van der Waals surface area contributed by atoms with Crippen LogP contribution in [0.4, 0.5) is 0 Å². The highest BCUT2D eigenvalue weighted by molar-refractivity contribution is 5.77. The van der Waals surface area contributed by atoms with Crippen LogP contribution in [0.3, 0.4) is 0 Å². The molecule has 0 unspecified atom stereocenters. The lowest BCUT2D eigenvalue weighted by Gasteiger charge is -2.35. The monoisotopic (exact) mass is 480 g/mol. The summed E-state index contributed by atoms with van der Waals surface area (Å²) in [7, 11) is 1.59. The van der Waals surface area contributed by atoms with Gasteiger partial charge in [0.15, 0.2) is 11.2 Å². The van der Waals surface area contributed by atoms with E-state index in [9.17, 15) is 14.4 Å². The lowest BCUT2D eigenvalue weighted by Crippen LogP contribution is -2.50. The van der Waals surface area contributed by atoms with Crippen LogP contribution in [-0.4, -0.2) is 68.4 Å². The smallest absolute Gasteiger partial charge is 0.333 e. The van der Waals surface area contributed by atoms with Gasteiger partial charge in [-0.05, 0) is 37.8 Å². The number of imidazole rings is 1. The van der Waals surface area contributed by atoms with Crippen LogP contribution in [0.1, 0.15) is 31.2 Å². The van der Waals surface area contributed by atoms with Crippen molar-refractivity contribution in [1.29, 1.82) is 0 Å². The molecule has 1 aromatic carbocycles. The van der Waals surface area contributed by atoms with Gasteiger partial charge in [0.25, 0.3) is 5.56 Å². The molecular weight excluding hydrogens is 448 g/mol. The van der Waals surface area contributed by atoms with Crippen molar-refractivity contribution < 1.29 is 9.53 Å². The number of methoxy groups -OCH3 is 1. The van der Waals surface area contributed by atoms with Crippen molar-refractivity contribution in [1.82, 2.24) is 28.9 Å². The van der Waals surface area contributed by atoms with Gasteiger partial charge in [-0.15, -0.1) is 0 Å². The van der Waals surface area contributed by atoms with Gasteiger partial charge in [0.05, 0.1) is 19.5 Å². The van der Waals surface area contributed by atoms with E-state index in [1.165, 1.54) is 11.0 Å². The third kappa shape index (κ3) is 4.81. The summed E-state index contributed by atoms with van der Waals surface area (Å²) in [5, 5.41) is 3.08. The molecule has 3 aromatic rings. The highest BCUT2D eigenvalue weighted by Gasteiger charge is 2.32. The molecule has 2 aromatic heterocycles. The number of aromatic nitrogens is 4. The lowest BCUT2D eigenvalue weighted by molar-refractivity contribution is -0.122. The molecule has 10 nitrogen and oxygen atoms in total. The molecule has 2 aliphatic rings. The molecule has 2 fully saturated rings. The standard InChI is InChI=1S/C25H32N6O4/c1-35-13-12-29-17-26-23-22(29)24(33)31(25(34)30(23)15-18-6-3-2-4-7-18)16-21(32)27-19-9-11-28-10-5-8-20(28)14-19/h2-4,6-7,17,19-20H,5,8-16H2,1H3,(H,27,32)/t19-,20-/m0/s1. The Morgan fingerprint density at radius 3 is 2.77 bits per heavy atom. The summed E-state index contributed by atoms with van der Waals surface area (Å²) < 4.78 is 9.37. The van der Waals surface area contributed by atoms with Crippen molar-refractivity contribution in [3.63, 3.8) is 0 Å². The number of carbonyl (C=O) groups is 1. The average Bonchev–Trinajstić information content (AvgIpc) is 3.50. The summed E-state index contributed by atoms with van der Waals surface area (Å²) in [4.78, 5) is 46.8. The number of hydrogen-bond acceptors (Lipinski definition) is 6. The van der Waals surface area contributed by atoms with E-state index in [1.54, 1.807) is 18.0 Å². The molecule has 5 rings (SSSR count). The van der Waals surface area contributed by atoms with Crippen molar-refractivity contribution in [2.75, 3.05) is 26.8 Å². The van der Waals surface area contributed by atoms with Crippen molar-refractivity contribution in [2.24, 2.45) is 0 Å². The first-order chi connectivity index (χ1) is 17.0. The molecule has 186 valence electrons. The molecule has 0 saturated carbocycles. The number of benzene rings is 1. The summed E-state index contributed by atoms with van der Waals surface area (Å²) in [6.45, 7) is 2.85. The maximum absolute atomic E-state index is 13.5. The third-order valence-corrected chi connectivity index (χ3v) is 7.19. The zero-order chi connectivity index (χ0) is 24.4. The Balaban J connectivity index is 1.46. The van der Waals surface area contributed by atoms with Gasteiger partial charge in [0.1, 0.15) is 6.54 Å². The molecule has 0 bridgehead atoms. The second-order valence-electron chi connectivity index (χ2n) is 9.47. The Hall–Kier alpha value is -3.24. The lowest BCUT2D eigenvalue weighted by atomic mass is 9.97. The summed E-state index contributed by atoms with van der Waals surface area (Å²) in [6.07, 6.45) is 5.72. The molecule has 35 heavy (non-hydrogen) atoms. The summed E-state index contributed by atoms with van der Waals surface area (Å²) in [5.74, 6) is -0.311. The fourth-order valence-electron chi connectivity index (χ4n) is 5.42. The van der Waals surface area contributed by atoms with Gasteiger partial charge in [-0.3, -0.25) is 14.2 Å². The number of carbonyl (C=O) groups excluding carboxylic acids is 1. The zero-order valence-electron chi connectivity index (χ0n) is 20.1. The number of ether oxygens (including phenoxy) is 1. The summed E-state index contributed by atoms with van der Waals surface area (Å²) in [6, 6.07) is 10.1. The average molecular weight is 481 g/mol. The van der Waals surface area contributed by atoms with Gasteiger partial charge < -0.3 is 19.5 Å². The van der Waals surface area contributed by atoms with Gasteiger partial charge >= 0.3 is 5.69 Å². The van der Waals surface area contributed by atoms with Gasteiger partial charge in [-0.1, -0.05) is 30.3 Å². The number of rotatable bonds is 8. The number of nitrogens with zero attached hydrogens (tertiary/aromatic N) is 5. The molecule has 1 amide bonds. The molecule has 2 aliphatic heterocycles. The first kappa shape index (κ1) is 23.5. The van der Waals surface area contributed by atoms with E-state index in [-0.39, 0.29) is 25.0 Å². The minimum absolute atomic E-state index is 0.0695. The molecule has 2 saturated heterocycles. The second-order valence-corrected chi connectivity index (χ2v) is 9.47. The first-order valence-corrected chi connectivity index (χ1v) is 12.3. The molecule has 1 N–H and O–H groups in total. The predicted octanol–water partition coefficient (Wildman–Crippen LogP) is 0.797. The minimum atomic E-state index is -0.538. The highest BCUT2D eigenvalue weighted by Crippen LogP contribution is 2.26. The van der Waals surface area contributed by atoms with Crippen molar-refractivity contribution >= 4 is 17.1 Å². The van der Waals surface area contributed by atoms with Crippen LogP contribution >= 0.6 is 0 Å². The van der Waals surface area contributed by atoms with Gasteiger partial charge in [-0.25, -0.2) is 14.3 Å². The Kier molecular flexibility index (Phi) is 6.83. The zero-order valence-corrected chi connectivity index (χ0v) is 20.1. The normalized spacial score (nSPS) is 20.3. The Morgan fingerprint density at radius 2 is 1.97 bits per heavy atom. The third-order valence-electron chi connectivity index (χ3n) is 7.19. The van der Waals surface area contributed by atoms with Crippen LogP contribution in [-0.2, 0) is 29.2 Å². The summed E-state index contributed by atoms with van der Waals surface area (Å²) in [5.41, 5.74) is 0.461. The van der Waals surface area contributed by atoms with Gasteiger partial charge in [0.2, 0.25) is 5.91 Å². The van der Waals surface area contributed by atoms with E-state index < -0.39 is 11.2 Å². The van der Waals surface area contributed by atoms with E-state index in [1.807, 2.05) is 30.3 Å². The topological polar surface area (TPSA) is 103 Å². The fraction of sp³-hybridized carbons (Fsp3) is 0.520. The van der Waals surface area contributed by atoms with E-state index >= 15 is 0 Å². The number of piperidine rings is 1. The molecule has 2 atom stereocenters. The number of nitrogens with one attached hydrogen (secondary N) is 1. The minimum Gasteiger partial charge on any atom is -0.383 e. The maximum Gasteiger partial charge on any atom is 0.333 e. The first-order valence-electron chi connectivity index (χ1n) is 12.3. The molecule has 0 aliphatic carbocycles. The van der Waals surface area contributed by atoms with Gasteiger partial charge in [-0.2, -0.15) is 0 Å². The predicted molar refractivity (Wildman–Crippen MR) is 131 cm³/mol. The Morgan fingerprint density at radius 1 is 1.14 bits per heavy atom. The molecular formula is C25H32N6O4. The quantitative estimate of drug-likeness (QED) is 0.512. The van der Waals surface area contributed by atoms with Crippen LogP contribution in [0.2, 0.25) is 0 Å². The van der Waals surface area contributed by atoms with Crippen LogP contribution < -0.4 is 16.6 Å². The van der Waals surface area contributed by atoms with Crippen LogP contribution in [0.5, 0.6) is 0 Å². The van der Waals surface area contributed by atoms with E-state index in [4.69, 9.17) is 4.74 Å². The molecule has 0 radical (unpaired) electrons. The highest BCUT2D eigenvalue weighted by atomic mass is 16.5. The fourth-order valence-corrected chi connectivity index (χ4v) is 5.42. The molecule has 10 heteroatoms.